The molecule has 0 aliphatic heterocycles. The van der Waals surface area contributed by atoms with E-state index in [4.69, 9.17) is 4.74 Å². The van der Waals surface area contributed by atoms with Crippen LogP contribution in [0.15, 0.2) is 18.5 Å². The Hall–Kier alpha value is -0.450. The Morgan fingerprint density at radius 2 is 2.38 bits per heavy atom. The second kappa shape index (κ2) is 8.67. The third kappa shape index (κ3) is 5.58. The maximum Gasteiger partial charge on any atom is 0.0587 e. The predicted molar refractivity (Wildman–Crippen MR) is 71.0 cm³/mol. The lowest BCUT2D eigenvalue weighted by atomic mass is 10.3. The van der Waals surface area contributed by atoms with Gasteiger partial charge in [0.05, 0.1) is 6.61 Å². The lowest BCUT2D eigenvalue weighted by Gasteiger charge is -2.02. The van der Waals surface area contributed by atoms with E-state index in [1.165, 1.54) is 17.1 Å². The fraction of sp³-hybridized carbons (Fsp3) is 0.667. The SMILES string of the molecule is CCSCCn1ccc(CNCCOC)c1. The summed E-state index contributed by atoms with van der Waals surface area (Å²) in [6.45, 7) is 5.92. The topological polar surface area (TPSA) is 26.2 Å². The van der Waals surface area contributed by atoms with Gasteiger partial charge in [0.25, 0.3) is 0 Å². The number of ether oxygens (including phenoxy) is 1. The van der Waals surface area contributed by atoms with E-state index < -0.39 is 0 Å². The van der Waals surface area contributed by atoms with E-state index in [2.05, 4.69) is 35.3 Å². The molecule has 1 aromatic rings. The van der Waals surface area contributed by atoms with Gasteiger partial charge < -0.3 is 14.6 Å². The fourth-order valence-corrected chi connectivity index (χ4v) is 2.08. The molecule has 1 heterocycles. The molecular weight excluding hydrogens is 220 g/mol. The van der Waals surface area contributed by atoms with Gasteiger partial charge in [0.2, 0.25) is 0 Å². The van der Waals surface area contributed by atoms with Gasteiger partial charge in [-0.15, -0.1) is 0 Å². The second-order valence-electron chi connectivity index (χ2n) is 3.62. The molecule has 0 spiro atoms. The van der Waals surface area contributed by atoms with Crippen molar-refractivity contribution in [3.8, 4) is 0 Å². The molecular formula is C12H22N2OS. The Morgan fingerprint density at radius 3 is 3.12 bits per heavy atom. The predicted octanol–water partition coefficient (Wildman–Crippen LogP) is 1.98. The Labute approximate surface area is 103 Å². The van der Waals surface area contributed by atoms with Crippen LogP contribution in [0.3, 0.4) is 0 Å². The monoisotopic (exact) mass is 242 g/mol. The molecule has 0 aromatic carbocycles. The van der Waals surface area contributed by atoms with Crippen LogP contribution in [-0.4, -0.2) is 36.3 Å². The zero-order valence-corrected chi connectivity index (χ0v) is 11.1. The lowest BCUT2D eigenvalue weighted by molar-refractivity contribution is 0.199. The molecule has 0 saturated carbocycles. The zero-order chi connectivity index (χ0) is 11.6. The van der Waals surface area contributed by atoms with Crippen molar-refractivity contribution in [2.45, 2.75) is 20.0 Å². The molecule has 0 fully saturated rings. The van der Waals surface area contributed by atoms with Crippen LogP contribution in [0.5, 0.6) is 0 Å². The molecule has 0 radical (unpaired) electrons. The maximum atomic E-state index is 4.98. The van der Waals surface area contributed by atoms with E-state index in [-0.39, 0.29) is 0 Å². The molecule has 0 aliphatic rings. The summed E-state index contributed by atoms with van der Waals surface area (Å²) in [6.07, 6.45) is 4.37. The molecule has 1 N–H and O–H groups in total. The Kier molecular flexibility index (Phi) is 7.38. The summed E-state index contributed by atoms with van der Waals surface area (Å²) in [5, 5.41) is 3.34. The van der Waals surface area contributed by atoms with Crippen molar-refractivity contribution in [1.29, 1.82) is 0 Å². The highest BCUT2D eigenvalue weighted by Crippen LogP contribution is 2.04. The van der Waals surface area contributed by atoms with Crippen molar-refractivity contribution < 1.29 is 4.74 Å². The number of aryl methyl sites for hydroxylation is 1. The quantitative estimate of drug-likeness (QED) is 0.671. The Morgan fingerprint density at radius 1 is 1.50 bits per heavy atom. The molecule has 0 unspecified atom stereocenters. The molecule has 3 nitrogen and oxygen atoms in total. The van der Waals surface area contributed by atoms with Gasteiger partial charge in [0, 0.05) is 44.9 Å². The normalized spacial score (nSPS) is 10.9. The van der Waals surface area contributed by atoms with Gasteiger partial charge in [-0.05, 0) is 17.4 Å². The number of nitrogens with zero attached hydrogens (tertiary/aromatic N) is 1. The van der Waals surface area contributed by atoms with Crippen LogP contribution in [0, 0.1) is 0 Å². The highest BCUT2D eigenvalue weighted by molar-refractivity contribution is 7.99. The number of rotatable bonds is 9. The van der Waals surface area contributed by atoms with Crippen LogP contribution < -0.4 is 5.32 Å². The van der Waals surface area contributed by atoms with Gasteiger partial charge >= 0.3 is 0 Å². The van der Waals surface area contributed by atoms with Gasteiger partial charge in [-0.3, -0.25) is 0 Å². The summed E-state index contributed by atoms with van der Waals surface area (Å²) >= 11 is 1.98. The van der Waals surface area contributed by atoms with Crippen molar-refractivity contribution in [2.75, 3.05) is 31.8 Å². The summed E-state index contributed by atoms with van der Waals surface area (Å²) in [5.74, 6) is 2.40. The van der Waals surface area contributed by atoms with Crippen LogP contribution in [0.2, 0.25) is 0 Å². The Bertz CT molecular complexity index is 276. The molecule has 0 saturated heterocycles. The van der Waals surface area contributed by atoms with Crippen LogP contribution in [0.4, 0.5) is 0 Å². The van der Waals surface area contributed by atoms with E-state index in [0.717, 1.165) is 26.2 Å². The lowest BCUT2D eigenvalue weighted by Crippen LogP contribution is -2.18. The highest BCUT2D eigenvalue weighted by atomic mass is 32.2. The van der Waals surface area contributed by atoms with Crippen molar-refractivity contribution >= 4 is 11.8 Å². The van der Waals surface area contributed by atoms with Crippen LogP contribution in [0.25, 0.3) is 0 Å². The summed E-state index contributed by atoms with van der Waals surface area (Å²) in [6, 6.07) is 2.18. The van der Waals surface area contributed by atoms with Crippen molar-refractivity contribution in [3.05, 3.63) is 24.0 Å². The Balaban J connectivity index is 2.17. The third-order valence-corrected chi connectivity index (χ3v) is 3.20. The van der Waals surface area contributed by atoms with Gasteiger partial charge in [-0.1, -0.05) is 6.92 Å². The highest BCUT2D eigenvalue weighted by Gasteiger charge is 1.96. The first kappa shape index (κ1) is 13.6. The third-order valence-electron chi connectivity index (χ3n) is 2.32. The van der Waals surface area contributed by atoms with Crippen molar-refractivity contribution in [3.63, 3.8) is 0 Å². The first-order chi connectivity index (χ1) is 7.86. The molecule has 92 valence electrons. The zero-order valence-electron chi connectivity index (χ0n) is 10.2. The number of nitrogens with one attached hydrogen (secondary N) is 1. The van der Waals surface area contributed by atoms with Gasteiger partial charge in [0.1, 0.15) is 0 Å². The molecule has 0 amide bonds. The minimum Gasteiger partial charge on any atom is -0.383 e. The van der Waals surface area contributed by atoms with E-state index in [1.54, 1.807) is 7.11 Å². The number of thioether (sulfide) groups is 1. The molecule has 0 bridgehead atoms. The maximum absolute atomic E-state index is 4.98. The van der Waals surface area contributed by atoms with Gasteiger partial charge in [-0.2, -0.15) is 11.8 Å². The molecule has 1 aromatic heterocycles. The first-order valence-corrected chi connectivity index (χ1v) is 6.94. The van der Waals surface area contributed by atoms with E-state index in [1.807, 2.05) is 11.8 Å². The van der Waals surface area contributed by atoms with Gasteiger partial charge in [0.15, 0.2) is 0 Å². The van der Waals surface area contributed by atoms with Crippen molar-refractivity contribution in [1.82, 2.24) is 9.88 Å². The summed E-state index contributed by atoms with van der Waals surface area (Å²) in [7, 11) is 1.73. The molecule has 4 heteroatoms. The number of hydrogen-bond donors (Lipinski definition) is 1. The summed E-state index contributed by atoms with van der Waals surface area (Å²) < 4.78 is 7.24. The largest absolute Gasteiger partial charge is 0.383 e. The van der Waals surface area contributed by atoms with E-state index >= 15 is 0 Å². The van der Waals surface area contributed by atoms with Crippen LogP contribution in [-0.2, 0) is 17.8 Å². The average Bonchev–Trinajstić information content (AvgIpc) is 2.73. The van der Waals surface area contributed by atoms with Crippen molar-refractivity contribution in [2.24, 2.45) is 0 Å². The average molecular weight is 242 g/mol. The summed E-state index contributed by atoms with van der Waals surface area (Å²) in [4.78, 5) is 0. The van der Waals surface area contributed by atoms with E-state index in [0.29, 0.717) is 0 Å². The molecule has 0 atom stereocenters. The molecule has 1 rings (SSSR count). The number of aromatic nitrogens is 1. The smallest absolute Gasteiger partial charge is 0.0587 e. The van der Waals surface area contributed by atoms with Gasteiger partial charge in [-0.25, -0.2) is 0 Å². The van der Waals surface area contributed by atoms with Crippen LogP contribution in [0.1, 0.15) is 12.5 Å². The minimum atomic E-state index is 0.772. The summed E-state index contributed by atoms with van der Waals surface area (Å²) in [5.41, 5.74) is 1.35. The van der Waals surface area contributed by atoms with E-state index in [9.17, 15) is 0 Å². The first-order valence-electron chi connectivity index (χ1n) is 5.79. The molecule has 0 aliphatic carbocycles. The minimum absolute atomic E-state index is 0.772. The number of hydrogen-bond acceptors (Lipinski definition) is 3. The standard InChI is InChI=1S/C12H22N2OS/c1-3-16-9-7-14-6-4-12(11-14)10-13-5-8-15-2/h4,6,11,13H,3,5,7-10H2,1-2H3. The molecule has 16 heavy (non-hydrogen) atoms. The fourth-order valence-electron chi connectivity index (χ4n) is 1.46. The number of methoxy groups -OCH3 is 1. The van der Waals surface area contributed by atoms with Crippen LogP contribution >= 0.6 is 11.8 Å². The second-order valence-corrected chi connectivity index (χ2v) is 5.02.